The van der Waals surface area contributed by atoms with Crippen molar-refractivity contribution in [2.75, 3.05) is 27.2 Å². The molecule has 6 rings (SSSR count). The van der Waals surface area contributed by atoms with Crippen LogP contribution < -0.4 is 10.9 Å². The molecule has 39 heavy (non-hydrogen) atoms. The summed E-state index contributed by atoms with van der Waals surface area (Å²) in [6.45, 7) is 8.66. The van der Waals surface area contributed by atoms with Crippen molar-refractivity contribution in [3.05, 3.63) is 56.9 Å². The number of phenols is 1. The fraction of sp³-hybridized carbons (Fsp3) is 0.448. The highest BCUT2D eigenvalue weighted by molar-refractivity contribution is 5.89. The van der Waals surface area contributed by atoms with Gasteiger partial charge in [-0.15, -0.1) is 0 Å². The molecule has 10 heteroatoms. The van der Waals surface area contributed by atoms with E-state index >= 15 is 0 Å². The Hall–Kier alpha value is -3.92. The van der Waals surface area contributed by atoms with Crippen LogP contribution in [0.2, 0.25) is 0 Å². The Morgan fingerprint density at radius 2 is 1.90 bits per heavy atom. The molecule has 0 aliphatic carbocycles. The average molecular weight is 537 g/mol. The van der Waals surface area contributed by atoms with Crippen LogP contribution >= 0.6 is 0 Å². The van der Waals surface area contributed by atoms with Crippen LogP contribution in [0.25, 0.3) is 22.3 Å². The molecular formula is C29H36N4O6. The van der Waals surface area contributed by atoms with Gasteiger partial charge < -0.3 is 29.4 Å². The highest BCUT2D eigenvalue weighted by Crippen LogP contribution is 2.39. The molecule has 0 bridgehead atoms. The van der Waals surface area contributed by atoms with Gasteiger partial charge in [0.25, 0.3) is 5.56 Å². The Labute approximate surface area is 227 Å². The number of fused-ring (bicyclic) bond motifs is 5. The Morgan fingerprint density at radius 3 is 2.51 bits per heavy atom. The summed E-state index contributed by atoms with van der Waals surface area (Å²) in [5, 5.41) is 14.0. The minimum Gasteiger partial charge on any atom is -0.508 e. The first-order valence-electron chi connectivity index (χ1n) is 13.5. The van der Waals surface area contributed by atoms with Crippen molar-refractivity contribution in [3.63, 3.8) is 0 Å². The molecule has 1 aromatic carbocycles. The van der Waals surface area contributed by atoms with E-state index in [-0.39, 0.29) is 23.5 Å². The van der Waals surface area contributed by atoms with Crippen molar-refractivity contribution in [2.24, 2.45) is 0 Å². The topological polar surface area (TPSA) is 123 Å². The normalized spacial score (nSPS) is 16.5. The van der Waals surface area contributed by atoms with Crippen molar-refractivity contribution < 1.29 is 24.2 Å². The molecule has 1 unspecified atom stereocenters. The molecule has 208 valence electrons. The molecule has 2 aromatic heterocycles. The third kappa shape index (κ3) is 5.34. The minimum absolute atomic E-state index is 0.151. The lowest BCUT2D eigenvalue weighted by atomic mass is 9.97. The number of nitrogens with zero attached hydrogens (tertiary/aromatic N) is 3. The third-order valence-electron chi connectivity index (χ3n) is 6.93. The quantitative estimate of drug-likeness (QED) is 0.370. The van der Waals surface area contributed by atoms with Gasteiger partial charge in [-0.25, -0.2) is 14.6 Å². The zero-order chi connectivity index (χ0) is 28.3. The third-order valence-corrected chi connectivity index (χ3v) is 6.93. The van der Waals surface area contributed by atoms with Crippen LogP contribution in [0.4, 0.5) is 4.79 Å². The molecule has 0 radical (unpaired) electrons. The van der Waals surface area contributed by atoms with Gasteiger partial charge in [0.2, 0.25) is 6.10 Å². The summed E-state index contributed by atoms with van der Waals surface area (Å²) in [6.07, 6.45) is 1.44. The van der Waals surface area contributed by atoms with E-state index in [0.29, 0.717) is 35.4 Å². The zero-order valence-corrected chi connectivity index (χ0v) is 23.2. The number of benzene rings is 1. The molecule has 3 aliphatic rings. The van der Waals surface area contributed by atoms with Crippen molar-refractivity contribution in [3.8, 4) is 17.1 Å². The summed E-state index contributed by atoms with van der Waals surface area (Å²) >= 11 is 0. The summed E-state index contributed by atoms with van der Waals surface area (Å²) in [5.74, 6) is -0.565. The van der Waals surface area contributed by atoms with Gasteiger partial charge >= 0.3 is 12.1 Å². The van der Waals surface area contributed by atoms with E-state index in [1.807, 2.05) is 20.8 Å². The molecule has 10 nitrogen and oxygen atoms in total. The number of phenolic OH excluding ortho intramolecular Hbond substituents is 1. The number of rotatable bonds is 2. The largest absolute Gasteiger partial charge is 0.508 e. The van der Waals surface area contributed by atoms with E-state index < -0.39 is 18.2 Å². The number of aromatic hydroxyl groups is 1. The standard InChI is InChI=1S/C23H21N3O6.C4H9N.C2H6/c1-4-12-13-7-11(27)5-6-17(13)24-19-15(12)9-26-18(19)8-14-16(21(26)28)10-31-22(29)20(14)32-23(30)25(2)3;1-2-4-5-3-1;1-2/h5-8,20,27H,4,9-10H2,1-3H3;5H,1-4H2;1-2H3. The Bertz CT molecular complexity index is 1450. The summed E-state index contributed by atoms with van der Waals surface area (Å²) in [7, 11) is 3.01. The molecule has 1 amide bonds. The first-order valence-corrected chi connectivity index (χ1v) is 13.5. The lowest BCUT2D eigenvalue weighted by Crippen LogP contribution is -2.36. The summed E-state index contributed by atoms with van der Waals surface area (Å²) < 4.78 is 12.1. The number of hydrogen-bond acceptors (Lipinski definition) is 8. The lowest BCUT2D eigenvalue weighted by Gasteiger charge is -2.26. The highest BCUT2D eigenvalue weighted by atomic mass is 16.6. The van der Waals surface area contributed by atoms with Gasteiger partial charge in [-0.05, 0) is 62.2 Å². The molecule has 1 atom stereocenters. The summed E-state index contributed by atoms with van der Waals surface area (Å²) in [4.78, 5) is 43.8. The molecule has 3 aliphatic heterocycles. The number of nitrogens with one attached hydrogen (secondary N) is 1. The number of esters is 1. The highest BCUT2D eigenvalue weighted by Gasteiger charge is 2.38. The van der Waals surface area contributed by atoms with E-state index in [4.69, 9.17) is 14.5 Å². The van der Waals surface area contributed by atoms with Gasteiger partial charge in [-0.1, -0.05) is 20.8 Å². The maximum absolute atomic E-state index is 13.3. The zero-order valence-electron chi connectivity index (χ0n) is 23.2. The lowest BCUT2D eigenvalue weighted by molar-refractivity contribution is -0.158. The number of ether oxygens (including phenoxy) is 2. The van der Waals surface area contributed by atoms with Crippen LogP contribution in [0, 0.1) is 0 Å². The number of aromatic nitrogens is 2. The smallest absolute Gasteiger partial charge is 0.410 e. The van der Waals surface area contributed by atoms with Crippen LogP contribution in [0.3, 0.4) is 0 Å². The maximum atomic E-state index is 13.3. The summed E-state index contributed by atoms with van der Waals surface area (Å²) in [5.41, 5.74) is 4.13. The van der Waals surface area contributed by atoms with Gasteiger partial charge in [0.1, 0.15) is 12.4 Å². The molecule has 1 saturated heterocycles. The Kier molecular flexibility index (Phi) is 8.54. The fourth-order valence-electron chi connectivity index (χ4n) is 5.03. The van der Waals surface area contributed by atoms with Gasteiger partial charge in [0.05, 0.1) is 29.0 Å². The van der Waals surface area contributed by atoms with Gasteiger partial charge in [-0.2, -0.15) is 0 Å². The van der Waals surface area contributed by atoms with Crippen molar-refractivity contribution >= 4 is 23.0 Å². The van der Waals surface area contributed by atoms with E-state index in [9.17, 15) is 19.5 Å². The second-order valence-electron chi connectivity index (χ2n) is 9.55. The second-order valence-corrected chi connectivity index (χ2v) is 9.55. The van der Waals surface area contributed by atoms with Crippen LogP contribution in [0.5, 0.6) is 5.75 Å². The molecule has 5 heterocycles. The number of amides is 1. The van der Waals surface area contributed by atoms with Crippen molar-refractivity contribution in [1.29, 1.82) is 0 Å². The molecule has 0 saturated carbocycles. The van der Waals surface area contributed by atoms with Crippen molar-refractivity contribution in [2.45, 2.75) is 59.3 Å². The maximum Gasteiger partial charge on any atom is 0.410 e. The molecular weight excluding hydrogens is 500 g/mol. The molecule has 1 fully saturated rings. The average Bonchev–Trinajstić information content (AvgIpc) is 3.63. The summed E-state index contributed by atoms with van der Waals surface area (Å²) in [6, 6.07) is 6.70. The predicted molar refractivity (Wildman–Crippen MR) is 148 cm³/mol. The fourth-order valence-corrected chi connectivity index (χ4v) is 5.03. The molecule has 2 N–H and O–H groups in total. The van der Waals surface area contributed by atoms with Crippen LogP contribution in [-0.4, -0.2) is 58.8 Å². The number of hydrogen-bond donors (Lipinski definition) is 2. The van der Waals surface area contributed by atoms with Gasteiger partial charge in [0, 0.05) is 30.6 Å². The number of pyridine rings is 2. The van der Waals surface area contributed by atoms with Crippen LogP contribution in [-0.2, 0) is 33.8 Å². The Balaban J connectivity index is 0.000000447. The first kappa shape index (κ1) is 28.1. The number of carbonyl (C=O) groups excluding carboxylic acids is 2. The Morgan fingerprint density at radius 1 is 1.18 bits per heavy atom. The molecule has 3 aromatic rings. The first-order chi connectivity index (χ1) is 18.8. The predicted octanol–water partition coefficient (Wildman–Crippen LogP) is 3.89. The van der Waals surface area contributed by atoms with E-state index in [1.54, 1.807) is 28.8 Å². The number of cyclic esters (lactones) is 1. The van der Waals surface area contributed by atoms with Crippen molar-refractivity contribution in [1.82, 2.24) is 19.8 Å². The number of aryl methyl sites for hydroxylation is 1. The van der Waals surface area contributed by atoms with Crippen LogP contribution in [0.15, 0.2) is 29.1 Å². The monoisotopic (exact) mass is 536 g/mol. The number of carbonyl (C=O) groups is 2. The minimum atomic E-state index is -1.32. The van der Waals surface area contributed by atoms with Gasteiger partial charge in [0.15, 0.2) is 0 Å². The van der Waals surface area contributed by atoms with Crippen LogP contribution in [0.1, 0.15) is 62.0 Å². The van der Waals surface area contributed by atoms with E-state index in [2.05, 4.69) is 5.32 Å². The van der Waals surface area contributed by atoms with E-state index in [1.165, 1.54) is 44.9 Å². The van der Waals surface area contributed by atoms with E-state index in [0.717, 1.165) is 16.5 Å². The second kappa shape index (κ2) is 11.9. The SMILES string of the molecule is C1CCNC1.CC.CCc1c2c(nc3ccc(O)cc13)-c1cc3c(c(=O)n1C2)COC(=O)C3OC(=O)N(C)C. The molecule has 0 spiro atoms. The van der Waals surface area contributed by atoms with Gasteiger partial charge in [-0.3, -0.25) is 4.79 Å².